The number of aromatic nitrogens is 1. The highest BCUT2D eigenvalue weighted by Gasteiger charge is 2.52. The van der Waals surface area contributed by atoms with Gasteiger partial charge in [0.2, 0.25) is 5.88 Å². The Labute approximate surface area is 226 Å². The van der Waals surface area contributed by atoms with Crippen LogP contribution in [0.15, 0.2) is 54.7 Å². The molecule has 41 heavy (non-hydrogen) atoms. The van der Waals surface area contributed by atoms with E-state index in [1.165, 1.54) is 25.4 Å². The third kappa shape index (κ3) is 5.26. The van der Waals surface area contributed by atoms with Crippen LogP contribution in [0, 0.1) is 0 Å². The summed E-state index contributed by atoms with van der Waals surface area (Å²) < 4.78 is 132. The molecule has 3 heterocycles. The summed E-state index contributed by atoms with van der Waals surface area (Å²) in [4.78, 5) is 18.2. The molecule has 0 saturated carbocycles. The number of ether oxygens (including phenoxy) is 2. The number of benzene rings is 2. The molecule has 1 amide bonds. The van der Waals surface area contributed by atoms with Gasteiger partial charge in [-0.2, -0.15) is 39.5 Å². The van der Waals surface area contributed by atoms with Crippen molar-refractivity contribution in [1.82, 2.24) is 9.88 Å². The molecule has 3 aromatic rings. The SMILES string of the molecule is COc1ncccc1-c1ccc(C(F)(F)F)cc1[C@@H]1CC[C@H]2[C@@H](c3cc(C(F)(F)F)cc(C(F)(F)F)c3)OC(=O)N12. The number of amides is 1. The summed E-state index contributed by atoms with van der Waals surface area (Å²) in [6.07, 6.45) is -16.1. The average Bonchev–Trinajstić information content (AvgIpc) is 3.47. The number of carbonyl (C=O) groups is 1. The molecule has 218 valence electrons. The van der Waals surface area contributed by atoms with Crippen molar-refractivity contribution >= 4 is 6.09 Å². The molecule has 0 unspecified atom stereocenters. The molecule has 0 radical (unpaired) electrons. The van der Waals surface area contributed by atoms with Gasteiger partial charge < -0.3 is 9.47 Å². The van der Waals surface area contributed by atoms with Crippen LogP contribution in [-0.2, 0) is 23.3 Å². The molecule has 2 aliphatic rings. The number of halogens is 9. The molecule has 14 heteroatoms. The van der Waals surface area contributed by atoms with E-state index in [0.29, 0.717) is 17.7 Å². The van der Waals surface area contributed by atoms with Gasteiger partial charge in [-0.1, -0.05) is 6.07 Å². The highest BCUT2D eigenvalue weighted by atomic mass is 19.4. The van der Waals surface area contributed by atoms with Gasteiger partial charge in [0.05, 0.1) is 35.9 Å². The minimum Gasteiger partial charge on any atom is -0.481 e. The zero-order valence-electron chi connectivity index (χ0n) is 20.9. The number of pyridine rings is 1. The second-order valence-corrected chi connectivity index (χ2v) is 9.57. The standard InChI is InChI=1S/C27H19F9N2O3/c1-40-23-18(3-2-8-37-23)17-5-4-14(25(28,29)30)12-19(17)20-6-7-21-22(41-24(39)38(20)21)13-9-15(26(31,32)33)11-16(10-13)27(34,35)36/h2-5,8-12,20-22H,6-7H2,1H3/t20-,21-,22+/m0/s1. The van der Waals surface area contributed by atoms with E-state index in [1.54, 1.807) is 6.07 Å². The molecule has 2 saturated heterocycles. The van der Waals surface area contributed by atoms with Gasteiger partial charge in [0.15, 0.2) is 0 Å². The third-order valence-corrected chi connectivity index (χ3v) is 7.15. The summed E-state index contributed by atoms with van der Waals surface area (Å²) in [5.41, 5.74) is -4.06. The Morgan fingerprint density at radius 3 is 2.05 bits per heavy atom. The van der Waals surface area contributed by atoms with Crippen molar-refractivity contribution < 1.29 is 53.8 Å². The van der Waals surface area contributed by atoms with Crippen LogP contribution < -0.4 is 4.74 Å². The second kappa shape index (κ2) is 9.84. The van der Waals surface area contributed by atoms with Crippen LogP contribution in [-0.4, -0.2) is 29.1 Å². The van der Waals surface area contributed by atoms with Crippen LogP contribution in [0.25, 0.3) is 11.1 Å². The number of nitrogens with zero attached hydrogens (tertiary/aromatic N) is 2. The smallest absolute Gasteiger partial charge is 0.416 e. The largest absolute Gasteiger partial charge is 0.481 e. The molecule has 2 aromatic carbocycles. The van der Waals surface area contributed by atoms with Gasteiger partial charge in [-0.05, 0) is 72.0 Å². The lowest BCUT2D eigenvalue weighted by atomic mass is 9.92. The maximum atomic E-state index is 13.7. The molecule has 0 bridgehead atoms. The Bertz CT molecular complexity index is 1450. The quantitative estimate of drug-likeness (QED) is 0.288. The lowest BCUT2D eigenvalue weighted by Crippen LogP contribution is -2.31. The first-order chi connectivity index (χ1) is 19.1. The van der Waals surface area contributed by atoms with Gasteiger partial charge in [-0.15, -0.1) is 0 Å². The van der Waals surface area contributed by atoms with E-state index >= 15 is 0 Å². The molecule has 0 aliphatic carbocycles. The van der Waals surface area contributed by atoms with E-state index < -0.39 is 65.1 Å². The van der Waals surface area contributed by atoms with E-state index in [0.717, 1.165) is 17.0 Å². The number of hydrogen-bond acceptors (Lipinski definition) is 4. The van der Waals surface area contributed by atoms with Crippen LogP contribution in [0.4, 0.5) is 44.3 Å². The molecular formula is C27H19F9N2O3. The first kappa shape index (κ1) is 28.6. The first-order valence-corrected chi connectivity index (χ1v) is 12.1. The van der Waals surface area contributed by atoms with Crippen molar-refractivity contribution in [3.05, 3.63) is 82.5 Å². The summed E-state index contributed by atoms with van der Waals surface area (Å²) in [5, 5.41) is 0. The predicted octanol–water partition coefficient (Wildman–Crippen LogP) is 8.21. The van der Waals surface area contributed by atoms with Crippen molar-refractivity contribution in [2.75, 3.05) is 7.11 Å². The van der Waals surface area contributed by atoms with E-state index in [9.17, 15) is 44.3 Å². The fraction of sp³-hybridized carbons (Fsp3) is 0.333. The number of hydrogen-bond donors (Lipinski definition) is 0. The maximum absolute atomic E-state index is 13.7. The highest BCUT2D eigenvalue weighted by molar-refractivity contribution is 5.76. The lowest BCUT2D eigenvalue weighted by Gasteiger charge is -2.26. The monoisotopic (exact) mass is 590 g/mol. The Balaban J connectivity index is 1.60. The molecule has 5 rings (SSSR count). The van der Waals surface area contributed by atoms with Crippen LogP contribution in [0.2, 0.25) is 0 Å². The molecule has 3 atom stereocenters. The van der Waals surface area contributed by atoms with E-state index in [2.05, 4.69) is 4.98 Å². The van der Waals surface area contributed by atoms with Gasteiger partial charge in [-0.25, -0.2) is 9.78 Å². The zero-order chi connectivity index (χ0) is 29.9. The van der Waals surface area contributed by atoms with Crippen molar-refractivity contribution in [2.24, 2.45) is 0 Å². The van der Waals surface area contributed by atoms with Gasteiger partial charge in [0, 0.05) is 11.8 Å². The summed E-state index contributed by atoms with van der Waals surface area (Å²) in [6, 6.07) is 4.87. The van der Waals surface area contributed by atoms with Crippen molar-refractivity contribution in [2.45, 2.75) is 49.6 Å². The van der Waals surface area contributed by atoms with Gasteiger partial charge in [0.1, 0.15) is 6.10 Å². The average molecular weight is 590 g/mol. The molecule has 2 aliphatic heterocycles. The number of alkyl halides is 9. The summed E-state index contributed by atoms with van der Waals surface area (Å²) in [7, 11) is 1.31. The molecule has 2 fully saturated rings. The van der Waals surface area contributed by atoms with Crippen molar-refractivity contribution in [3.8, 4) is 17.0 Å². The fourth-order valence-electron chi connectivity index (χ4n) is 5.40. The predicted molar refractivity (Wildman–Crippen MR) is 124 cm³/mol. The molecule has 0 spiro atoms. The maximum Gasteiger partial charge on any atom is 0.416 e. The summed E-state index contributed by atoms with van der Waals surface area (Å²) in [5.74, 6) is 0.0913. The van der Waals surface area contributed by atoms with Gasteiger partial charge >= 0.3 is 24.6 Å². The zero-order valence-corrected chi connectivity index (χ0v) is 20.9. The second-order valence-electron chi connectivity index (χ2n) is 9.57. The number of carbonyl (C=O) groups excluding carboxylic acids is 1. The summed E-state index contributed by atoms with van der Waals surface area (Å²) >= 11 is 0. The molecule has 0 N–H and O–H groups in total. The Morgan fingerprint density at radius 1 is 0.829 bits per heavy atom. The van der Waals surface area contributed by atoms with Crippen LogP contribution >= 0.6 is 0 Å². The fourth-order valence-corrected chi connectivity index (χ4v) is 5.40. The van der Waals surface area contributed by atoms with Crippen LogP contribution in [0.5, 0.6) is 5.88 Å². The number of methoxy groups -OCH3 is 1. The number of rotatable bonds is 4. The topological polar surface area (TPSA) is 51.7 Å². The van der Waals surface area contributed by atoms with Gasteiger partial charge in [-0.3, -0.25) is 4.90 Å². The number of fused-ring (bicyclic) bond motifs is 1. The van der Waals surface area contributed by atoms with Crippen LogP contribution in [0.3, 0.4) is 0 Å². The Hall–Kier alpha value is -3.97. The van der Waals surface area contributed by atoms with Crippen molar-refractivity contribution in [3.63, 3.8) is 0 Å². The molecule has 1 aromatic heterocycles. The molecule has 5 nitrogen and oxygen atoms in total. The molecular weight excluding hydrogens is 571 g/mol. The van der Waals surface area contributed by atoms with Crippen molar-refractivity contribution in [1.29, 1.82) is 0 Å². The van der Waals surface area contributed by atoms with E-state index in [1.807, 2.05) is 0 Å². The minimum atomic E-state index is -5.12. The Morgan fingerprint density at radius 2 is 1.46 bits per heavy atom. The van der Waals surface area contributed by atoms with E-state index in [-0.39, 0.29) is 35.9 Å². The summed E-state index contributed by atoms with van der Waals surface area (Å²) in [6.45, 7) is 0. The highest BCUT2D eigenvalue weighted by Crippen LogP contribution is 2.51. The van der Waals surface area contributed by atoms with E-state index in [4.69, 9.17) is 9.47 Å². The van der Waals surface area contributed by atoms with Gasteiger partial charge in [0.25, 0.3) is 0 Å². The normalized spacial score (nSPS) is 21.2. The minimum absolute atomic E-state index is 0.0360. The van der Waals surface area contributed by atoms with Crippen LogP contribution in [0.1, 0.15) is 52.8 Å². The number of cyclic esters (lactones) is 1. The first-order valence-electron chi connectivity index (χ1n) is 12.1. The third-order valence-electron chi connectivity index (χ3n) is 7.15. The Kier molecular flexibility index (Phi) is 6.85. The lowest BCUT2D eigenvalue weighted by molar-refractivity contribution is -0.143.